The second-order valence-corrected chi connectivity index (χ2v) is 6.48. The van der Waals surface area contributed by atoms with Crippen molar-refractivity contribution < 1.29 is 0 Å². The molecule has 1 aliphatic rings. The third-order valence-corrected chi connectivity index (χ3v) is 4.65. The van der Waals surface area contributed by atoms with Gasteiger partial charge in [0.1, 0.15) is 0 Å². The standard InChI is InChI=1S/C12H18N2S2/c1-3-10-6-7-15-12(14-10)13-8-11-5-4-9(2)16-11/h4-5,10H,3,6-8H2,1-2H3,(H,13,14). The normalized spacial score (nSPS) is 23.4. The molecular weight excluding hydrogens is 236 g/mol. The summed E-state index contributed by atoms with van der Waals surface area (Å²) in [5, 5.41) is 4.63. The lowest BCUT2D eigenvalue weighted by molar-refractivity contribution is 0.571. The second-order valence-electron chi connectivity index (χ2n) is 4.02. The van der Waals surface area contributed by atoms with Crippen molar-refractivity contribution in [3.8, 4) is 0 Å². The zero-order valence-electron chi connectivity index (χ0n) is 9.82. The van der Waals surface area contributed by atoms with E-state index in [-0.39, 0.29) is 0 Å². The summed E-state index contributed by atoms with van der Waals surface area (Å²) < 4.78 is 0. The van der Waals surface area contributed by atoms with Crippen molar-refractivity contribution in [3.63, 3.8) is 0 Å². The molecule has 0 saturated carbocycles. The second kappa shape index (κ2) is 5.73. The fraction of sp³-hybridized carbons (Fsp3) is 0.583. The first-order valence-electron chi connectivity index (χ1n) is 5.77. The van der Waals surface area contributed by atoms with Crippen LogP contribution >= 0.6 is 23.1 Å². The molecule has 0 radical (unpaired) electrons. The Bertz CT molecular complexity index is 371. The molecule has 1 atom stereocenters. The number of hydrogen-bond acceptors (Lipinski definition) is 3. The molecule has 1 aliphatic heterocycles. The van der Waals surface area contributed by atoms with E-state index in [9.17, 15) is 0 Å². The Morgan fingerprint density at radius 2 is 2.38 bits per heavy atom. The topological polar surface area (TPSA) is 24.4 Å². The number of hydrogen-bond donors (Lipinski definition) is 1. The highest BCUT2D eigenvalue weighted by molar-refractivity contribution is 8.13. The van der Waals surface area contributed by atoms with Gasteiger partial charge in [-0.1, -0.05) is 18.7 Å². The zero-order chi connectivity index (χ0) is 11.4. The summed E-state index contributed by atoms with van der Waals surface area (Å²) in [6.45, 7) is 5.19. The van der Waals surface area contributed by atoms with Crippen molar-refractivity contribution in [2.24, 2.45) is 4.99 Å². The summed E-state index contributed by atoms with van der Waals surface area (Å²) in [7, 11) is 0. The van der Waals surface area contributed by atoms with Crippen LogP contribution in [0.3, 0.4) is 0 Å². The molecule has 0 spiro atoms. The maximum absolute atomic E-state index is 4.64. The molecule has 1 aromatic rings. The molecule has 1 unspecified atom stereocenters. The van der Waals surface area contributed by atoms with Gasteiger partial charge in [0.2, 0.25) is 0 Å². The van der Waals surface area contributed by atoms with Crippen LogP contribution in [0.5, 0.6) is 0 Å². The van der Waals surface area contributed by atoms with E-state index in [1.54, 1.807) is 0 Å². The van der Waals surface area contributed by atoms with Gasteiger partial charge < -0.3 is 5.32 Å². The maximum Gasteiger partial charge on any atom is 0.157 e. The molecule has 1 fully saturated rings. The summed E-state index contributed by atoms with van der Waals surface area (Å²) in [4.78, 5) is 7.36. The van der Waals surface area contributed by atoms with E-state index in [0.29, 0.717) is 6.04 Å². The largest absolute Gasteiger partial charge is 0.362 e. The van der Waals surface area contributed by atoms with Crippen molar-refractivity contribution in [3.05, 3.63) is 21.9 Å². The molecule has 2 rings (SSSR count). The van der Waals surface area contributed by atoms with E-state index >= 15 is 0 Å². The highest BCUT2D eigenvalue weighted by atomic mass is 32.2. The average Bonchev–Trinajstić information content (AvgIpc) is 2.73. The number of amidine groups is 1. The molecule has 16 heavy (non-hydrogen) atoms. The smallest absolute Gasteiger partial charge is 0.157 e. The van der Waals surface area contributed by atoms with Gasteiger partial charge in [-0.05, 0) is 31.9 Å². The molecule has 0 amide bonds. The van der Waals surface area contributed by atoms with Crippen LogP contribution in [0.1, 0.15) is 29.5 Å². The number of nitrogens with zero attached hydrogens (tertiary/aromatic N) is 1. The lowest BCUT2D eigenvalue weighted by Crippen LogP contribution is -2.37. The van der Waals surface area contributed by atoms with Gasteiger partial charge in [-0.25, -0.2) is 0 Å². The molecule has 0 bridgehead atoms. The van der Waals surface area contributed by atoms with E-state index in [2.05, 4.69) is 36.3 Å². The SMILES string of the molecule is CCC1CCSC(=NCc2ccc(C)s2)N1. The first-order valence-corrected chi connectivity index (χ1v) is 7.57. The van der Waals surface area contributed by atoms with Crippen molar-refractivity contribution in [1.82, 2.24) is 5.32 Å². The van der Waals surface area contributed by atoms with Crippen LogP contribution < -0.4 is 5.32 Å². The summed E-state index contributed by atoms with van der Waals surface area (Å²) >= 11 is 3.69. The summed E-state index contributed by atoms with van der Waals surface area (Å²) in [6.07, 6.45) is 2.45. The quantitative estimate of drug-likeness (QED) is 0.894. The Labute approximate surface area is 106 Å². The molecule has 88 valence electrons. The minimum Gasteiger partial charge on any atom is -0.362 e. The minimum absolute atomic E-state index is 0.630. The molecule has 0 aliphatic carbocycles. The fourth-order valence-corrected chi connectivity index (χ4v) is 3.52. The first kappa shape index (κ1) is 12.0. The van der Waals surface area contributed by atoms with Gasteiger partial charge in [0.15, 0.2) is 5.17 Å². The Morgan fingerprint density at radius 3 is 3.06 bits per heavy atom. The number of rotatable bonds is 3. The number of aryl methyl sites for hydroxylation is 1. The molecular formula is C12H18N2S2. The van der Waals surface area contributed by atoms with Gasteiger partial charge in [-0.3, -0.25) is 4.99 Å². The lowest BCUT2D eigenvalue weighted by Gasteiger charge is -2.24. The number of thioether (sulfide) groups is 1. The molecule has 4 heteroatoms. The van der Waals surface area contributed by atoms with Crippen LogP contribution in [0.4, 0.5) is 0 Å². The molecule has 1 N–H and O–H groups in total. The Balaban J connectivity index is 1.91. The fourth-order valence-electron chi connectivity index (χ4n) is 1.70. The monoisotopic (exact) mass is 254 g/mol. The van der Waals surface area contributed by atoms with Crippen LogP contribution in [0, 0.1) is 6.92 Å². The van der Waals surface area contributed by atoms with E-state index in [4.69, 9.17) is 0 Å². The first-order chi connectivity index (χ1) is 7.78. The number of thiophene rings is 1. The third-order valence-electron chi connectivity index (χ3n) is 2.70. The van der Waals surface area contributed by atoms with Crippen molar-refractivity contribution in [2.75, 3.05) is 5.75 Å². The van der Waals surface area contributed by atoms with Crippen LogP contribution in [-0.2, 0) is 6.54 Å². The van der Waals surface area contributed by atoms with Crippen molar-refractivity contribution in [2.45, 2.75) is 39.3 Å². The Kier molecular flexibility index (Phi) is 4.29. The van der Waals surface area contributed by atoms with Gasteiger partial charge in [-0.15, -0.1) is 11.3 Å². The van der Waals surface area contributed by atoms with Crippen LogP contribution in [-0.4, -0.2) is 17.0 Å². The van der Waals surface area contributed by atoms with Crippen molar-refractivity contribution in [1.29, 1.82) is 0 Å². The van der Waals surface area contributed by atoms with Crippen molar-refractivity contribution >= 4 is 28.3 Å². The van der Waals surface area contributed by atoms with E-state index < -0.39 is 0 Å². The van der Waals surface area contributed by atoms with Gasteiger partial charge in [0, 0.05) is 21.5 Å². The molecule has 2 heterocycles. The van der Waals surface area contributed by atoms with E-state index in [0.717, 1.165) is 11.7 Å². The maximum atomic E-state index is 4.64. The van der Waals surface area contributed by atoms with Gasteiger partial charge in [-0.2, -0.15) is 0 Å². The highest BCUT2D eigenvalue weighted by Gasteiger charge is 2.15. The molecule has 1 aromatic heterocycles. The predicted octanol–water partition coefficient (Wildman–Crippen LogP) is 3.42. The molecule has 0 aromatic carbocycles. The van der Waals surface area contributed by atoms with Gasteiger partial charge in [0.25, 0.3) is 0 Å². The third kappa shape index (κ3) is 3.25. The van der Waals surface area contributed by atoms with E-state index in [1.807, 2.05) is 23.1 Å². The number of nitrogens with one attached hydrogen (secondary N) is 1. The Hall–Kier alpha value is -0.480. The molecule has 2 nitrogen and oxygen atoms in total. The van der Waals surface area contributed by atoms with Crippen LogP contribution in [0.2, 0.25) is 0 Å². The summed E-state index contributed by atoms with van der Waals surface area (Å²) in [5.74, 6) is 1.20. The molecule has 1 saturated heterocycles. The number of aliphatic imine (C=N–C) groups is 1. The predicted molar refractivity (Wildman–Crippen MR) is 74.5 cm³/mol. The summed E-state index contributed by atoms with van der Waals surface area (Å²) in [6, 6.07) is 4.97. The summed E-state index contributed by atoms with van der Waals surface area (Å²) in [5.41, 5.74) is 0. The van der Waals surface area contributed by atoms with E-state index in [1.165, 1.54) is 28.3 Å². The Morgan fingerprint density at radius 1 is 1.50 bits per heavy atom. The van der Waals surface area contributed by atoms with Crippen LogP contribution in [0.25, 0.3) is 0 Å². The lowest BCUT2D eigenvalue weighted by atomic mass is 10.2. The van der Waals surface area contributed by atoms with Gasteiger partial charge >= 0.3 is 0 Å². The zero-order valence-corrected chi connectivity index (χ0v) is 11.5. The highest BCUT2D eigenvalue weighted by Crippen LogP contribution is 2.19. The van der Waals surface area contributed by atoms with Crippen LogP contribution in [0.15, 0.2) is 17.1 Å². The van der Waals surface area contributed by atoms with Gasteiger partial charge in [0.05, 0.1) is 6.54 Å². The average molecular weight is 254 g/mol. The minimum atomic E-state index is 0.630.